The van der Waals surface area contributed by atoms with Gasteiger partial charge in [0, 0.05) is 5.88 Å². The van der Waals surface area contributed by atoms with Gasteiger partial charge in [0.2, 0.25) is 0 Å². The molecule has 0 aliphatic heterocycles. The Kier molecular flexibility index (Phi) is 4.40. The maximum Gasteiger partial charge on any atom is 0.255 e. The van der Waals surface area contributed by atoms with E-state index in [4.69, 9.17) is 11.6 Å². The molecule has 17 heavy (non-hydrogen) atoms. The normalized spacial score (nSPS) is 14.1. The van der Waals surface area contributed by atoms with E-state index >= 15 is 0 Å². The summed E-state index contributed by atoms with van der Waals surface area (Å²) in [6, 6.07) is 4.94. The first-order valence-electron chi connectivity index (χ1n) is 5.60. The molecule has 0 saturated carbocycles. The summed E-state index contributed by atoms with van der Waals surface area (Å²) in [4.78, 5) is 12.0. The molecule has 1 aromatic carbocycles. The van der Waals surface area contributed by atoms with Crippen LogP contribution in [0.3, 0.4) is 0 Å². The molecule has 0 saturated heterocycles. The lowest BCUT2D eigenvalue weighted by Gasteiger charge is -2.27. The van der Waals surface area contributed by atoms with Gasteiger partial charge in [-0.1, -0.05) is 18.6 Å². The van der Waals surface area contributed by atoms with E-state index in [-0.39, 0.29) is 17.2 Å². The van der Waals surface area contributed by atoms with Crippen LogP contribution in [0.5, 0.6) is 5.75 Å². The van der Waals surface area contributed by atoms with Crippen molar-refractivity contribution in [3.8, 4) is 5.75 Å². The predicted molar refractivity (Wildman–Crippen MR) is 69.7 cm³/mol. The van der Waals surface area contributed by atoms with E-state index in [1.807, 2.05) is 20.8 Å². The molecule has 0 bridgehead atoms. The maximum atomic E-state index is 12.0. The van der Waals surface area contributed by atoms with Crippen molar-refractivity contribution in [3.05, 3.63) is 29.3 Å². The number of phenols is 1. The predicted octanol–water partition coefficient (Wildman–Crippen LogP) is 2.84. The highest BCUT2D eigenvalue weighted by Gasteiger charge is 2.24. The van der Waals surface area contributed by atoms with Crippen molar-refractivity contribution in [2.24, 2.45) is 0 Å². The van der Waals surface area contributed by atoms with Crippen LogP contribution >= 0.6 is 11.6 Å². The quantitative estimate of drug-likeness (QED) is 0.813. The van der Waals surface area contributed by atoms with Crippen molar-refractivity contribution in [3.63, 3.8) is 0 Å². The Morgan fingerprint density at radius 3 is 2.71 bits per heavy atom. The first kappa shape index (κ1) is 13.8. The van der Waals surface area contributed by atoms with E-state index in [0.717, 1.165) is 12.0 Å². The van der Waals surface area contributed by atoms with E-state index in [1.165, 1.54) is 6.07 Å². The van der Waals surface area contributed by atoms with Crippen LogP contribution in [0.1, 0.15) is 36.2 Å². The highest BCUT2D eigenvalue weighted by Crippen LogP contribution is 2.20. The lowest BCUT2D eigenvalue weighted by Crippen LogP contribution is -2.47. The van der Waals surface area contributed by atoms with E-state index in [9.17, 15) is 9.90 Å². The summed E-state index contributed by atoms with van der Waals surface area (Å²) in [5.74, 6) is 0.0271. The third kappa shape index (κ3) is 3.37. The Labute approximate surface area is 107 Å². The van der Waals surface area contributed by atoms with Gasteiger partial charge in [-0.2, -0.15) is 0 Å². The summed E-state index contributed by atoms with van der Waals surface area (Å²) in [6.07, 6.45) is 0.731. The lowest BCUT2D eigenvalue weighted by molar-refractivity contribution is 0.0909. The van der Waals surface area contributed by atoms with Crippen LogP contribution in [0.25, 0.3) is 0 Å². The molecule has 1 aromatic rings. The summed E-state index contributed by atoms with van der Waals surface area (Å²) < 4.78 is 0. The lowest BCUT2D eigenvalue weighted by atomic mass is 10.0. The summed E-state index contributed by atoms with van der Waals surface area (Å²) in [5, 5.41) is 12.5. The minimum absolute atomic E-state index is 0.0128. The van der Waals surface area contributed by atoms with Crippen molar-refractivity contribution in [2.75, 3.05) is 5.88 Å². The number of benzene rings is 1. The molecule has 0 heterocycles. The zero-order valence-electron chi connectivity index (χ0n) is 10.4. The average Bonchev–Trinajstić information content (AvgIpc) is 2.32. The molecule has 0 aliphatic carbocycles. The van der Waals surface area contributed by atoms with Crippen molar-refractivity contribution < 1.29 is 9.90 Å². The molecule has 0 fully saturated rings. The fourth-order valence-electron chi connectivity index (χ4n) is 1.39. The number of rotatable bonds is 4. The summed E-state index contributed by atoms with van der Waals surface area (Å²) in [5.41, 5.74) is 0.765. The molecule has 2 N–H and O–H groups in total. The van der Waals surface area contributed by atoms with Crippen LogP contribution in [0.15, 0.2) is 18.2 Å². The zero-order valence-corrected chi connectivity index (χ0v) is 11.1. The smallest absolute Gasteiger partial charge is 0.255 e. The highest BCUT2D eigenvalue weighted by atomic mass is 35.5. The number of amides is 1. The molecule has 0 spiro atoms. The van der Waals surface area contributed by atoms with Crippen LogP contribution in [0.2, 0.25) is 0 Å². The van der Waals surface area contributed by atoms with Crippen LogP contribution in [0.4, 0.5) is 0 Å². The van der Waals surface area contributed by atoms with Gasteiger partial charge in [0.15, 0.2) is 0 Å². The number of carbonyl (C=O) groups is 1. The molecule has 0 aliphatic rings. The number of nitrogens with one attached hydrogen (secondary N) is 1. The second-order valence-electron chi connectivity index (χ2n) is 4.52. The van der Waals surface area contributed by atoms with Gasteiger partial charge in [-0.3, -0.25) is 4.79 Å². The summed E-state index contributed by atoms with van der Waals surface area (Å²) in [7, 11) is 0. The Balaban J connectivity index is 2.94. The number of halogens is 1. The van der Waals surface area contributed by atoms with Crippen molar-refractivity contribution >= 4 is 17.5 Å². The monoisotopic (exact) mass is 255 g/mol. The van der Waals surface area contributed by atoms with Gasteiger partial charge < -0.3 is 10.4 Å². The second-order valence-corrected chi connectivity index (χ2v) is 4.79. The molecule has 1 atom stereocenters. The molecule has 0 aromatic heterocycles. The largest absolute Gasteiger partial charge is 0.507 e. The molecule has 3 nitrogen and oxygen atoms in total. The van der Waals surface area contributed by atoms with Crippen molar-refractivity contribution in [2.45, 2.75) is 32.7 Å². The number of hydrogen-bond acceptors (Lipinski definition) is 2. The van der Waals surface area contributed by atoms with Crippen LogP contribution in [0, 0.1) is 6.92 Å². The average molecular weight is 256 g/mol. The number of hydrogen-bond donors (Lipinski definition) is 2. The van der Waals surface area contributed by atoms with Gasteiger partial charge >= 0.3 is 0 Å². The first-order chi connectivity index (χ1) is 7.91. The topological polar surface area (TPSA) is 49.3 Å². The van der Waals surface area contributed by atoms with Gasteiger partial charge in [0.1, 0.15) is 5.75 Å². The minimum Gasteiger partial charge on any atom is -0.507 e. The summed E-state index contributed by atoms with van der Waals surface area (Å²) >= 11 is 5.83. The van der Waals surface area contributed by atoms with E-state index < -0.39 is 5.54 Å². The van der Waals surface area contributed by atoms with E-state index in [0.29, 0.717) is 5.88 Å². The van der Waals surface area contributed by atoms with Crippen molar-refractivity contribution in [1.29, 1.82) is 0 Å². The molecule has 0 radical (unpaired) electrons. The Morgan fingerprint density at radius 2 is 2.18 bits per heavy atom. The molecular formula is C13H18ClNO2. The van der Waals surface area contributed by atoms with E-state index in [1.54, 1.807) is 12.1 Å². The van der Waals surface area contributed by atoms with Gasteiger partial charge in [0.05, 0.1) is 11.1 Å². The third-order valence-electron chi connectivity index (χ3n) is 2.89. The highest BCUT2D eigenvalue weighted by molar-refractivity contribution is 6.18. The van der Waals surface area contributed by atoms with E-state index in [2.05, 4.69) is 5.32 Å². The maximum absolute atomic E-state index is 12.0. The standard InChI is InChI=1S/C13H18ClNO2/c1-4-13(3,8-14)15-12(17)10-7-9(2)5-6-11(10)16/h5-7,16H,4,8H2,1-3H3,(H,15,17). The van der Waals surface area contributed by atoms with Gasteiger partial charge in [-0.15, -0.1) is 11.6 Å². The Hall–Kier alpha value is -1.22. The number of aryl methyl sites for hydroxylation is 1. The Bertz CT molecular complexity index is 414. The molecule has 1 amide bonds. The molecule has 4 heteroatoms. The number of aromatic hydroxyl groups is 1. The van der Waals surface area contributed by atoms with Crippen LogP contribution in [-0.2, 0) is 0 Å². The van der Waals surface area contributed by atoms with Gasteiger partial charge in [-0.25, -0.2) is 0 Å². The molecular weight excluding hydrogens is 238 g/mol. The molecule has 1 rings (SSSR count). The fraction of sp³-hybridized carbons (Fsp3) is 0.462. The third-order valence-corrected chi connectivity index (χ3v) is 3.48. The second kappa shape index (κ2) is 5.41. The fourth-order valence-corrected chi connectivity index (χ4v) is 1.65. The number of phenolic OH excluding ortho intramolecular Hbond substituents is 1. The Morgan fingerprint density at radius 1 is 1.53 bits per heavy atom. The minimum atomic E-state index is -0.450. The zero-order chi connectivity index (χ0) is 13.1. The first-order valence-corrected chi connectivity index (χ1v) is 6.13. The van der Waals surface area contributed by atoms with Crippen LogP contribution in [-0.4, -0.2) is 22.4 Å². The SMILES string of the molecule is CCC(C)(CCl)NC(=O)c1cc(C)ccc1O. The summed E-state index contributed by atoms with van der Waals surface area (Å²) in [6.45, 7) is 5.71. The number of alkyl halides is 1. The van der Waals surface area contributed by atoms with Crippen molar-refractivity contribution in [1.82, 2.24) is 5.32 Å². The molecule has 94 valence electrons. The number of carbonyl (C=O) groups excluding carboxylic acids is 1. The molecule has 1 unspecified atom stereocenters. The van der Waals surface area contributed by atoms with Gasteiger partial charge in [-0.05, 0) is 32.4 Å². The van der Waals surface area contributed by atoms with Crippen LogP contribution < -0.4 is 5.32 Å². The van der Waals surface area contributed by atoms with Gasteiger partial charge in [0.25, 0.3) is 5.91 Å².